The maximum absolute atomic E-state index is 14.4. The summed E-state index contributed by atoms with van der Waals surface area (Å²) >= 11 is 0. The first-order chi connectivity index (χ1) is 23.2. The maximum Gasteiger partial charge on any atom is 0.407 e. The zero-order valence-corrected chi connectivity index (χ0v) is 28.6. The van der Waals surface area contributed by atoms with Crippen LogP contribution in [0.3, 0.4) is 0 Å². The van der Waals surface area contributed by atoms with Crippen LogP contribution >= 0.6 is 0 Å². The fraction of sp³-hybridized carbons (Fsp3) is 0.514. The lowest BCUT2D eigenvalue weighted by atomic mass is 9.85. The second-order valence-corrected chi connectivity index (χ2v) is 16.2. The van der Waals surface area contributed by atoms with Gasteiger partial charge in [-0.3, -0.25) is 19.1 Å². The van der Waals surface area contributed by atoms with Crippen LogP contribution in [0, 0.1) is 23.2 Å². The number of nitrogens with one attached hydrogen (secondary N) is 3. The van der Waals surface area contributed by atoms with E-state index in [1.165, 1.54) is 11.0 Å². The van der Waals surface area contributed by atoms with Crippen molar-refractivity contribution in [3.05, 3.63) is 48.7 Å². The molecule has 4 bridgehead atoms. The number of aromatic nitrogens is 1. The van der Waals surface area contributed by atoms with Crippen molar-refractivity contribution >= 4 is 44.6 Å². The minimum absolute atomic E-state index is 0.0298. The van der Waals surface area contributed by atoms with E-state index in [0.717, 1.165) is 10.9 Å². The molecule has 0 unspecified atom stereocenters. The van der Waals surface area contributed by atoms with Crippen LogP contribution < -0.4 is 20.1 Å². The Balaban J connectivity index is 1.33. The highest BCUT2D eigenvalue weighted by Gasteiger charge is 2.62. The number of sulfonamides is 1. The summed E-state index contributed by atoms with van der Waals surface area (Å²) in [5, 5.41) is 6.42. The molecule has 260 valence electrons. The van der Waals surface area contributed by atoms with Gasteiger partial charge in [0.15, 0.2) is 0 Å². The van der Waals surface area contributed by atoms with Crippen molar-refractivity contribution in [2.24, 2.45) is 11.3 Å². The van der Waals surface area contributed by atoms with Crippen molar-refractivity contribution in [3.63, 3.8) is 0 Å². The Morgan fingerprint density at radius 3 is 2.67 bits per heavy atom. The second kappa shape index (κ2) is 13.0. The van der Waals surface area contributed by atoms with Crippen LogP contribution in [0.5, 0.6) is 5.88 Å². The first kappa shape index (κ1) is 34.2. The summed E-state index contributed by atoms with van der Waals surface area (Å²) in [6.07, 6.45) is 3.71. The highest BCUT2D eigenvalue weighted by molar-refractivity contribution is 7.91. The molecule has 5 atom stereocenters. The molecule has 2 aromatic rings. The number of fused-ring (bicyclic) bond motifs is 3. The summed E-state index contributed by atoms with van der Waals surface area (Å²) < 4.78 is 39.2. The molecule has 4 aliphatic rings. The lowest BCUT2D eigenvalue weighted by Crippen LogP contribution is -2.60. The van der Waals surface area contributed by atoms with Gasteiger partial charge < -0.3 is 25.0 Å². The Hall–Kier alpha value is -4.64. The average Bonchev–Trinajstić information content (AvgIpc) is 3.97. The number of nitrogens with zero attached hydrogens (tertiary/aromatic N) is 2. The number of carbonyl (C=O) groups is 4. The third-order valence-electron chi connectivity index (χ3n) is 9.39. The number of cyclic esters (lactones) is 1. The van der Waals surface area contributed by atoms with E-state index < -0.39 is 74.1 Å². The molecule has 1 saturated heterocycles. The fourth-order valence-corrected chi connectivity index (χ4v) is 7.69. The van der Waals surface area contributed by atoms with E-state index in [0.29, 0.717) is 36.9 Å². The minimum atomic E-state index is -3.89. The van der Waals surface area contributed by atoms with E-state index in [4.69, 9.17) is 9.47 Å². The van der Waals surface area contributed by atoms with E-state index in [-0.39, 0.29) is 26.0 Å². The number of alkyl carbamates (subject to hydrolysis) is 1. The van der Waals surface area contributed by atoms with E-state index in [9.17, 15) is 27.6 Å². The first-order valence-corrected chi connectivity index (χ1v) is 18.1. The Bertz CT molecular complexity index is 1880. The normalized spacial score (nSPS) is 27.4. The number of benzene rings is 1. The quantitative estimate of drug-likeness (QED) is 0.304. The number of pyridine rings is 1. The van der Waals surface area contributed by atoms with Crippen LogP contribution in [0.25, 0.3) is 10.8 Å². The van der Waals surface area contributed by atoms with Gasteiger partial charge >= 0.3 is 6.09 Å². The summed E-state index contributed by atoms with van der Waals surface area (Å²) in [5.41, 5.74) is -1.59. The molecule has 14 heteroatoms. The fourth-order valence-electron chi connectivity index (χ4n) is 6.33. The van der Waals surface area contributed by atoms with Crippen molar-refractivity contribution in [2.75, 3.05) is 13.2 Å². The highest BCUT2D eigenvalue weighted by Crippen LogP contribution is 2.45. The average molecular weight is 692 g/mol. The lowest BCUT2D eigenvalue weighted by Gasteiger charge is -2.35. The van der Waals surface area contributed by atoms with Gasteiger partial charge in [-0.1, -0.05) is 44.8 Å². The van der Waals surface area contributed by atoms with Crippen molar-refractivity contribution in [1.29, 1.82) is 0 Å². The van der Waals surface area contributed by atoms with E-state index in [1.807, 2.05) is 24.3 Å². The Labute approximate surface area is 285 Å². The van der Waals surface area contributed by atoms with Gasteiger partial charge in [0.05, 0.1) is 18.4 Å². The topological polar surface area (TPSA) is 173 Å². The molecule has 13 nitrogen and oxygen atoms in total. The standard InChI is InChI=1S/C35H41N5O8S/c1-5-23-19-35(23,32(43)39-49(45,46)25-12-13-25)38-29(41)27-18-24-20-40(27)31(42)28(34(2,3)4)37-33(44)47-16-8-6-7-9-21-10-11-22-14-15-36-30(48-24)26(22)17-21/h5,10-11,14-15,17,23-25,27-28H,1,6,8,12-13,16,18-20H2,2-4H3,(H,37,44)(H,38,41)(H,39,43)/t23-,24-,27+,28-,35-/m1/s1. The van der Waals surface area contributed by atoms with Crippen LogP contribution in [0.4, 0.5) is 4.79 Å². The molecule has 0 radical (unpaired) electrons. The SMILES string of the molecule is C=C[C@@H]1C[C@]1(NC(=O)[C@@H]1C[C@@H]2CN1C(=O)[C@H](C(C)(C)C)NC(=O)OCCCC#Cc1ccc3ccnc(c3c1)O2)C(=O)NS(=O)(=O)C1CC1. The van der Waals surface area contributed by atoms with Gasteiger partial charge in [-0.25, -0.2) is 18.2 Å². The van der Waals surface area contributed by atoms with Crippen molar-refractivity contribution in [1.82, 2.24) is 25.2 Å². The summed E-state index contributed by atoms with van der Waals surface area (Å²) in [4.78, 5) is 60.6. The van der Waals surface area contributed by atoms with Gasteiger partial charge in [-0.2, -0.15) is 0 Å². The number of ether oxygens (including phenoxy) is 2. The molecule has 0 spiro atoms. The molecular weight excluding hydrogens is 650 g/mol. The molecule has 6 rings (SSSR count). The zero-order valence-electron chi connectivity index (χ0n) is 27.8. The van der Waals surface area contributed by atoms with Gasteiger partial charge in [-0.15, -0.1) is 6.58 Å². The lowest BCUT2D eigenvalue weighted by molar-refractivity contribution is -0.142. The summed E-state index contributed by atoms with van der Waals surface area (Å²) in [6.45, 7) is 9.17. The molecular formula is C35H41N5O8S. The van der Waals surface area contributed by atoms with Crippen LogP contribution in [0.15, 0.2) is 43.1 Å². The molecule has 2 aliphatic heterocycles. The molecule has 2 saturated carbocycles. The largest absolute Gasteiger partial charge is 0.472 e. The van der Waals surface area contributed by atoms with E-state index in [2.05, 4.69) is 38.8 Å². The monoisotopic (exact) mass is 691 g/mol. The number of hydrogen-bond acceptors (Lipinski definition) is 9. The van der Waals surface area contributed by atoms with Gasteiger partial charge in [0.1, 0.15) is 23.7 Å². The van der Waals surface area contributed by atoms with Crippen LogP contribution in [0.1, 0.15) is 64.9 Å². The maximum atomic E-state index is 14.4. The Morgan fingerprint density at radius 1 is 1.20 bits per heavy atom. The van der Waals surface area contributed by atoms with Gasteiger partial charge in [0.25, 0.3) is 5.91 Å². The summed E-state index contributed by atoms with van der Waals surface area (Å²) in [5.74, 6) is 3.98. The van der Waals surface area contributed by atoms with Gasteiger partial charge in [0, 0.05) is 35.9 Å². The first-order valence-electron chi connectivity index (χ1n) is 16.5. The third kappa shape index (κ3) is 7.22. The number of hydrogen-bond donors (Lipinski definition) is 3. The molecule has 4 amide bonds. The Morgan fingerprint density at radius 2 is 1.98 bits per heavy atom. The molecule has 3 fully saturated rings. The number of amides is 4. The minimum Gasteiger partial charge on any atom is -0.472 e. The van der Waals surface area contributed by atoms with Gasteiger partial charge in [-0.05, 0) is 54.7 Å². The van der Waals surface area contributed by atoms with Gasteiger partial charge in [0.2, 0.25) is 27.7 Å². The zero-order chi connectivity index (χ0) is 35.1. The van der Waals surface area contributed by atoms with Crippen molar-refractivity contribution in [2.45, 2.75) is 88.3 Å². The predicted molar refractivity (Wildman–Crippen MR) is 179 cm³/mol. The smallest absolute Gasteiger partial charge is 0.407 e. The Kier molecular flexibility index (Phi) is 9.08. The van der Waals surface area contributed by atoms with Crippen molar-refractivity contribution < 1.29 is 37.1 Å². The second-order valence-electron chi connectivity index (χ2n) is 14.2. The molecule has 2 aliphatic carbocycles. The highest BCUT2D eigenvalue weighted by atomic mass is 32.2. The van der Waals surface area contributed by atoms with Crippen LogP contribution in [0.2, 0.25) is 0 Å². The number of rotatable bonds is 6. The molecule has 3 heterocycles. The predicted octanol–water partition coefficient (Wildman–Crippen LogP) is 2.54. The summed E-state index contributed by atoms with van der Waals surface area (Å²) in [7, 11) is -3.89. The molecule has 1 aromatic heterocycles. The number of carbonyl (C=O) groups excluding carboxylic acids is 4. The van der Waals surface area contributed by atoms with Crippen LogP contribution in [-0.2, 0) is 29.1 Å². The van der Waals surface area contributed by atoms with Crippen molar-refractivity contribution in [3.8, 4) is 17.7 Å². The van der Waals surface area contributed by atoms with E-state index in [1.54, 1.807) is 27.0 Å². The molecule has 3 N–H and O–H groups in total. The third-order valence-corrected chi connectivity index (χ3v) is 11.2. The van der Waals surface area contributed by atoms with E-state index >= 15 is 0 Å². The van der Waals surface area contributed by atoms with Crippen LogP contribution in [-0.4, -0.2) is 84.2 Å². The molecule has 1 aromatic carbocycles. The molecule has 49 heavy (non-hydrogen) atoms. The summed E-state index contributed by atoms with van der Waals surface area (Å²) in [6, 6.07) is 5.30.